The van der Waals surface area contributed by atoms with Gasteiger partial charge in [-0.15, -0.1) is 0 Å². The summed E-state index contributed by atoms with van der Waals surface area (Å²) in [5, 5.41) is 9.05. The van der Waals surface area contributed by atoms with Gasteiger partial charge in [-0.25, -0.2) is 9.48 Å². The van der Waals surface area contributed by atoms with Gasteiger partial charge in [-0.1, -0.05) is 0 Å². The number of carbonyl (C=O) groups excluding carboxylic acids is 2. The molecule has 0 bridgehead atoms. The van der Waals surface area contributed by atoms with Gasteiger partial charge in [0.2, 0.25) is 11.9 Å². The van der Waals surface area contributed by atoms with Crippen LogP contribution >= 0.6 is 0 Å². The lowest BCUT2D eigenvalue weighted by Crippen LogP contribution is -2.33. The summed E-state index contributed by atoms with van der Waals surface area (Å²) in [5.74, 6) is 0.224. The molecule has 8 nitrogen and oxygen atoms in total. The van der Waals surface area contributed by atoms with E-state index in [1.807, 2.05) is 0 Å². The maximum Gasteiger partial charge on any atom is 0.407 e. The van der Waals surface area contributed by atoms with E-state index < -0.39 is 11.7 Å². The minimum atomic E-state index is -0.521. The quantitative estimate of drug-likeness (QED) is 0.787. The van der Waals surface area contributed by atoms with Gasteiger partial charge >= 0.3 is 6.09 Å². The summed E-state index contributed by atoms with van der Waals surface area (Å²) in [7, 11) is 1.69. The monoisotopic (exact) mass is 283 g/mol. The van der Waals surface area contributed by atoms with E-state index in [9.17, 15) is 9.59 Å². The molecule has 0 fully saturated rings. The van der Waals surface area contributed by atoms with E-state index in [0.29, 0.717) is 18.9 Å². The Morgan fingerprint density at radius 3 is 2.65 bits per heavy atom. The summed E-state index contributed by atoms with van der Waals surface area (Å²) in [5.41, 5.74) is -0.521. The molecule has 20 heavy (non-hydrogen) atoms. The zero-order valence-electron chi connectivity index (χ0n) is 12.3. The highest BCUT2D eigenvalue weighted by Gasteiger charge is 2.15. The Morgan fingerprint density at radius 1 is 1.40 bits per heavy atom. The second kappa shape index (κ2) is 6.88. The number of carbonyl (C=O) groups is 2. The van der Waals surface area contributed by atoms with Crippen molar-refractivity contribution in [3.05, 3.63) is 6.33 Å². The average Bonchev–Trinajstić information content (AvgIpc) is 2.68. The Morgan fingerprint density at radius 2 is 2.10 bits per heavy atom. The Balaban J connectivity index is 2.17. The van der Waals surface area contributed by atoms with Crippen LogP contribution in [0.25, 0.3) is 0 Å². The van der Waals surface area contributed by atoms with Crippen molar-refractivity contribution in [1.82, 2.24) is 20.1 Å². The molecule has 8 heteroatoms. The fourth-order valence-electron chi connectivity index (χ4n) is 1.35. The SMILES string of the molecule is Cn1ncnc1NC(=O)CCCNC(=O)OC(C)(C)C. The first-order valence-corrected chi connectivity index (χ1v) is 6.38. The predicted molar refractivity (Wildman–Crippen MR) is 73.1 cm³/mol. The number of nitrogens with zero attached hydrogens (tertiary/aromatic N) is 3. The van der Waals surface area contributed by atoms with Crippen LogP contribution in [0.2, 0.25) is 0 Å². The zero-order valence-corrected chi connectivity index (χ0v) is 12.3. The third-order valence-corrected chi connectivity index (χ3v) is 2.21. The Bertz CT molecular complexity index is 464. The molecule has 0 aliphatic heterocycles. The summed E-state index contributed by atoms with van der Waals surface area (Å²) in [6, 6.07) is 0. The van der Waals surface area contributed by atoms with Gasteiger partial charge < -0.3 is 10.1 Å². The lowest BCUT2D eigenvalue weighted by Gasteiger charge is -2.19. The topological polar surface area (TPSA) is 98.1 Å². The van der Waals surface area contributed by atoms with Crippen LogP contribution in [-0.2, 0) is 16.6 Å². The van der Waals surface area contributed by atoms with Crippen LogP contribution in [-0.4, -0.2) is 38.9 Å². The Hall–Kier alpha value is -2.12. The number of ether oxygens (including phenoxy) is 1. The summed E-state index contributed by atoms with van der Waals surface area (Å²) < 4.78 is 6.54. The lowest BCUT2D eigenvalue weighted by atomic mass is 10.2. The number of aromatic nitrogens is 3. The summed E-state index contributed by atoms with van der Waals surface area (Å²) in [4.78, 5) is 26.8. The first-order chi connectivity index (χ1) is 9.28. The molecule has 2 N–H and O–H groups in total. The first kappa shape index (κ1) is 15.9. The van der Waals surface area contributed by atoms with Gasteiger partial charge in [0, 0.05) is 20.0 Å². The Kier molecular flexibility index (Phi) is 5.48. The highest BCUT2D eigenvalue weighted by atomic mass is 16.6. The molecule has 1 aromatic heterocycles. The van der Waals surface area contributed by atoms with Crippen LogP contribution in [0, 0.1) is 0 Å². The minimum absolute atomic E-state index is 0.174. The minimum Gasteiger partial charge on any atom is -0.444 e. The molecule has 0 saturated heterocycles. The summed E-state index contributed by atoms with van der Waals surface area (Å²) in [6.07, 6.45) is 1.68. The van der Waals surface area contributed by atoms with Crippen LogP contribution < -0.4 is 10.6 Å². The molecule has 1 rings (SSSR count). The summed E-state index contributed by atoms with van der Waals surface area (Å²) >= 11 is 0. The molecular weight excluding hydrogens is 262 g/mol. The second-order valence-corrected chi connectivity index (χ2v) is 5.29. The zero-order chi connectivity index (χ0) is 15.2. The molecule has 1 heterocycles. The number of amides is 2. The van der Waals surface area contributed by atoms with Crippen molar-refractivity contribution in [1.29, 1.82) is 0 Å². The number of anilines is 1. The van der Waals surface area contributed by atoms with Gasteiger partial charge in [0.25, 0.3) is 0 Å². The molecule has 0 saturated carbocycles. The van der Waals surface area contributed by atoms with E-state index in [1.165, 1.54) is 11.0 Å². The number of rotatable bonds is 5. The third-order valence-electron chi connectivity index (χ3n) is 2.21. The van der Waals surface area contributed by atoms with Crippen LogP contribution in [0.15, 0.2) is 6.33 Å². The van der Waals surface area contributed by atoms with Crippen LogP contribution in [0.1, 0.15) is 33.6 Å². The predicted octanol–water partition coefficient (Wildman–Crippen LogP) is 1.06. The second-order valence-electron chi connectivity index (χ2n) is 5.29. The highest BCUT2D eigenvalue weighted by Crippen LogP contribution is 2.06. The van der Waals surface area contributed by atoms with Gasteiger partial charge in [-0.3, -0.25) is 10.1 Å². The number of hydrogen-bond acceptors (Lipinski definition) is 5. The molecule has 2 amide bonds. The average molecular weight is 283 g/mol. The van der Waals surface area contributed by atoms with E-state index >= 15 is 0 Å². The van der Waals surface area contributed by atoms with E-state index in [1.54, 1.807) is 27.8 Å². The van der Waals surface area contributed by atoms with Crippen molar-refractivity contribution in [2.24, 2.45) is 7.05 Å². The van der Waals surface area contributed by atoms with E-state index in [2.05, 4.69) is 20.7 Å². The van der Waals surface area contributed by atoms with E-state index in [0.717, 1.165) is 0 Å². The number of hydrogen-bond donors (Lipinski definition) is 2. The van der Waals surface area contributed by atoms with Crippen LogP contribution in [0.5, 0.6) is 0 Å². The van der Waals surface area contributed by atoms with Crippen LogP contribution in [0.3, 0.4) is 0 Å². The third kappa shape index (κ3) is 6.17. The van der Waals surface area contributed by atoms with Crippen molar-refractivity contribution >= 4 is 17.9 Å². The fourth-order valence-corrected chi connectivity index (χ4v) is 1.35. The van der Waals surface area contributed by atoms with Gasteiger partial charge in [0.15, 0.2) is 0 Å². The van der Waals surface area contributed by atoms with Gasteiger partial charge in [-0.2, -0.15) is 10.1 Å². The number of nitrogens with one attached hydrogen (secondary N) is 2. The molecule has 0 aromatic carbocycles. The molecule has 0 spiro atoms. The molecule has 0 unspecified atom stereocenters. The molecule has 1 aromatic rings. The van der Waals surface area contributed by atoms with Crippen molar-refractivity contribution < 1.29 is 14.3 Å². The smallest absolute Gasteiger partial charge is 0.407 e. The number of aryl methyl sites for hydroxylation is 1. The van der Waals surface area contributed by atoms with Crippen molar-refractivity contribution in [2.75, 3.05) is 11.9 Å². The van der Waals surface area contributed by atoms with Crippen molar-refractivity contribution in [3.8, 4) is 0 Å². The first-order valence-electron chi connectivity index (χ1n) is 6.38. The van der Waals surface area contributed by atoms with Crippen molar-refractivity contribution in [2.45, 2.75) is 39.2 Å². The highest BCUT2D eigenvalue weighted by molar-refractivity contribution is 5.88. The molecule has 0 aliphatic rings. The molecular formula is C12H21N5O3. The van der Waals surface area contributed by atoms with Gasteiger partial charge in [-0.05, 0) is 27.2 Å². The maximum absolute atomic E-state index is 11.6. The van der Waals surface area contributed by atoms with Crippen LogP contribution in [0.4, 0.5) is 10.7 Å². The fraction of sp³-hybridized carbons (Fsp3) is 0.667. The molecule has 112 valence electrons. The van der Waals surface area contributed by atoms with Gasteiger partial charge in [0.05, 0.1) is 0 Å². The number of alkyl carbamates (subject to hydrolysis) is 1. The normalized spacial score (nSPS) is 11.0. The Labute approximate surface area is 117 Å². The summed E-state index contributed by atoms with van der Waals surface area (Å²) in [6.45, 7) is 5.75. The van der Waals surface area contributed by atoms with E-state index in [-0.39, 0.29) is 12.3 Å². The molecule has 0 atom stereocenters. The molecule has 0 radical (unpaired) electrons. The van der Waals surface area contributed by atoms with Gasteiger partial charge in [0.1, 0.15) is 11.9 Å². The largest absolute Gasteiger partial charge is 0.444 e. The standard InChI is InChI=1S/C12H21N5O3/c1-12(2,3)20-11(19)13-7-5-6-9(18)16-10-14-8-15-17(10)4/h8H,5-7H2,1-4H3,(H,13,19)(H,14,15,16,18). The lowest BCUT2D eigenvalue weighted by molar-refractivity contribution is -0.116. The maximum atomic E-state index is 11.6. The molecule has 0 aliphatic carbocycles. The van der Waals surface area contributed by atoms with E-state index in [4.69, 9.17) is 4.74 Å². The van der Waals surface area contributed by atoms with Crippen molar-refractivity contribution in [3.63, 3.8) is 0 Å².